The molecular formula is C16H19N5O2S2. The predicted molar refractivity (Wildman–Crippen MR) is 98.8 cm³/mol. The Morgan fingerprint density at radius 1 is 1.40 bits per heavy atom. The number of thioether (sulfide) groups is 1. The van der Waals surface area contributed by atoms with E-state index in [-0.39, 0.29) is 6.09 Å². The lowest BCUT2D eigenvalue weighted by molar-refractivity contribution is 0.0285. The third kappa shape index (κ3) is 6.25. The maximum atomic E-state index is 12.0. The van der Waals surface area contributed by atoms with Gasteiger partial charge in [-0.05, 0) is 32.4 Å². The zero-order valence-electron chi connectivity index (χ0n) is 14.4. The van der Waals surface area contributed by atoms with Crippen LogP contribution in [0.2, 0.25) is 0 Å². The van der Waals surface area contributed by atoms with Crippen molar-refractivity contribution in [2.24, 2.45) is 0 Å². The highest BCUT2D eigenvalue weighted by Crippen LogP contribution is 2.28. The molecule has 0 spiro atoms. The SMILES string of the molecule is CN(Cc1ccc(Nc2ncc(SC#N)s2)nc1)C(=O)OC(C)(C)C. The van der Waals surface area contributed by atoms with Gasteiger partial charge in [0.2, 0.25) is 0 Å². The number of anilines is 2. The highest BCUT2D eigenvalue weighted by atomic mass is 32.2. The zero-order chi connectivity index (χ0) is 18.4. The molecule has 2 aromatic heterocycles. The Morgan fingerprint density at radius 3 is 2.76 bits per heavy atom. The highest BCUT2D eigenvalue weighted by molar-refractivity contribution is 8.05. The van der Waals surface area contributed by atoms with E-state index in [4.69, 9.17) is 10.00 Å². The van der Waals surface area contributed by atoms with E-state index in [9.17, 15) is 4.79 Å². The van der Waals surface area contributed by atoms with Gasteiger partial charge in [0.25, 0.3) is 0 Å². The minimum Gasteiger partial charge on any atom is -0.444 e. The van der Waals surface area contributed by atoms with Crippen LogP contribution in [-0.2, 0) is 11.3 Å². The summed E-state index contributed by atoms with van der Waals surface area (Å²) < 4.78 is 6.14. The molecule has 25 heavy (non-hydrogen) atoms. The van der Waals surface area contributed by atoms with Gasteiger partial charge in [0, 0.05) is 25.0 Å². The van der Waals surface area contributed by atoms with Crippen LogP contribution in [-0.4, -0.2) is 33.6 Å². The van der Waals surface area contributed by atoms with Crippen molar-refractivity contribution in [2.75, 3.05) is 12.4 Å². The summed E-state index contributed by atoms with van der Waals surface area (Å²) in [5.41, 5.74) is 0.368. The van der Waals surface area contributed by atoms with Gasteiger partial charge in [-0.25, -0.2) is 14.8 Å². The number of carbonyl (C=O) groups is 1. The smallest absolute Gasteiger partial charge is 0.410 e. The van der Waals surface area contributed by atoms with E-state index >= 15 is 0 Å². The van der Waals surface area contributed by atoms with Crippen LogP contribution in [0.3, 0.4) is 0 Å². The summed E-state index contributed by atoms with van der Waals surface area (Å²) in [5.74, 6) is 0.645. The van der Waals surface area contributed by atoms with Crippen LogP contribution in [0.1, 0.15) is 26.3 Å². The number of rotatable bonds is 5. The third-order valence-corrected chi connectivity index (χ3v) is 4.42. The number of hydrogen-bond donors (Lipinski definition) is 1. The topological polar surface area (TPSA) is 91.1 Å². The minimum atomic E-state index is -0.520. The summed E-state index contributed by atoms with van der Waals surface area (Å²) in [6, 6.07) is 3.70. The second-order valence-corrected chi connectivity index (χ2v) is 8.31. The summed E-state index contributed by atoms with van der Waals surface area (Å²) in [6.45, 7) is 5.90. The fraction of sp³-hybridized carbons (Fsp3) is 0.375. The molecule has 0 aliphatic heterocycles. The summed E-state index contributed by atoms with van der Waals surface area (Å²) in [5, 5.41) is 14.4. The van der Waals surface area contributed by atoms with Crippen LogP contribution in [0.5, 0.6) is 0 Å². The van der Waals surface area contributed by atoms with E-state index in [0.717, 1.165) is 21.5 Å². The molecule has 0 aliphatic rings. The molecule has 7 nitrogen and oxygen atoms in total. The first-order chi connectivity index (χ1) is 11.8. The Morgan fingerprint density at radius 2 is 2.16 bits per heavy atom. The van der Waals surface area contributed by atoms with Crippen LogP contribution in [0.15, 0.2) is 28.7 Å². The molecule has 0 unspecified atom stereocenters. The van der Waals surface area contributed by atoms with Crippen LogP contribution in [0.4, 0.5) is 15.7 Å². The first kappa shape index (κ1) is 19.0. The second-order valence-electron chi connectivity index (χ2n) is 6.19. The first-order valence-electron chi connectivity index (χ1n) is 7.44. The van der Waals surface area contributed by atoms with Gasteiger partial charge in [-0.3, -0.25) is 0 Å². The van der Waals surface area contributed by atoms with Crippen LogP contribution in [0.25, 0.3) is 0 Å². The van der Waals surface area contributed by atoms with E-state index in [2.05, 4.69) is 15.3 Å². The fourth-order valence-electron chi connectivity index (χ4n) is 1.79. The molecule has 2 rings (SSSR count). The Labute approximate surface area is 155 Å². The van der Waals surface area contributed by atoms with E-state index in [1.807, 2.05) is 38.3 Å². The average molecular weight is 377 g/mol. The van der Waals surface area contributed by atoms with Crippen molar-refractivity contribution in [3.8, 4) is 5.40 Å². The average Bonchev–Trinajstić information content (AvgIpc) is 2.95. The van der Waals surface area contributed by atoms with Crippen molar-refractivity contribution in [2.45, 2.75) is 37.1 Å². The minimum absolute atomic E-state index is 0.375. The number of pyridine rings is 1. The molecule has 0 aliphatic carbocycles. The van der Waals surface area contributed by atoms with Gasteiger partial charge >= 0.3 is 6.09 Å². The standard InChI is InChI=1S/C16H19N5O2S2/c1-16(2,3)23-15(22)21(4)9-11-5-6-12(18-7-11)20-14-19-8-13(25-14)24-10-17/h5-8H,9H2,1-4H3,(H,18,19,20). The van der Waals surface area contributed by atoms with Crippen molar-refractivity contribution in [1.29, 1.82) is 5.26 Å². The van der Waals surface area contributed by atoms with Crippen molar-refractivity contribution >= 4 is 40.1 Å². The molecule has 1 amide bonds. The molecular weight excluding hydrogens is 358 g/mol. The van der Waals surface area contributed by atoms with Crippen molar-refractivity contribution in [3.05, 3.63) is 30.1 Å². The van der Waals surface area contributed by atoms with E-state index in [1.165, 1.54) is 16.2 Å². The van der Waals surface area contributed by atoms with E-state index in [0.29, 0.717) is 17.5 Å². The lowest BCUT2D eigenvalue weighted by atomic mass is 10.2. The normalized spacial score (nSPS) is 10.8. The Bertz CT molecular complexity index is 762. The molecule has 0 bridgehead atoms. The maximum absolute atomic E-state index is 12.0. The fourth-order valence-corrected chi connectivity index (χ4v) is 3.06. The molecule has 1 N–H and O–H groups in total. The quantitative estimate of drug-likeness (QED) is 0.616. The Balaban J connectivity index is 1.93. The summed E-state index contributed by atoms with van der Waals surface area (Å²) in [6.07, 6.45) is 2.97. The third-order valence-electron chi connectivity index (χ3n) is 2.82. The van der Waals surface area contributed by atoms with Gasteiger partial charge in [-0.2, -0.15) is 5.26 Å². The number of carbonyl (C=O) groups excluding carboxylic acids is 1. The van der Waals surface area contributed by atoms with Gasteiger partial charge in [0.05, 0.1) is 17.0 Å². The number of thiocyanates is 1. The zero-order valence-corrected chi connectivity index (χ0v) is 16.1. The van der Waals surface area contributed by atoms with Crippen molar-refractivity contribution < 1.29 is 9.53 Å². The van der Waals surface area contributed by atoms with Gasteiger partial charge < -0.3 is 15.0 Å². The van der Waals surface area contributed by atoms with Crippen LogP contribution < -0.4 is 5.32 Å². The molecule has 0 radical (unpaired) electrons. The number of hydrogen-bond acceptors (Lipinski definition) is 8. The lowest BCUT2D eigenvalue weighted by Gasteiger charge is -2.24. The molecule has 0 atom stereocenters. The monoisotopic (exact) mass is 377 g/mol. The van der Waals surface area contributed by atoms with E-state index in [1.54, 1.807) is 19.4 Å². The number of nitrogens with zero attached hydrogens (tertiary/aromatic N) is 4. The lowest BCUT2D eigenvalue weighted by Crippen LogP contribution is -2.33. The molecule has 2 aromatic rings. The first-order valence-corrected chi connectivity index (χ1v) is 9.08. The van der Waals surface area contributed by atoms with Crippen LogP contribution >= 0.6 is 23.1 Å². The Kier molecular flexibility index (Phi) is 6.22. The van der Waals surface area contributed by atoms with E-state index < -0.39 is 5.60 Å². The molecule has 0 fully saturated rings. The summed E-state index contributed by atoms with van der Waals surface area (Å²) >= 11 is 2.46. The van der Waals surface area contributed by atoms with Gasteiger partial charge in [-0.15, -0.1) is 0 Å². The number of aromatic nitrogens is 2. The van der Waals surface area contributed by atoms with Gasteiger partial charge in [-0.1, -0.05) is 17.4 Å². The molecule has 2 heterocycles. The number of nitrogens with one attached hydrogen (secondary N) is 1. The summed E-state index contributed by atoms with van der Waals surface area (Å²) in [7, 11) is 1.68. The predicted octanol–water partition coefficient (Wildman–Crippen LogP) is 4.22. The van der Waals surface area contributed by atoms with Crippen molar-refractivity contribution in [3.63, 3.8) is 0 Å². The number of ether oxygens (including phenoxy) is 1. The van der Waals surface area contributed by atoms with Crippen LogP contribution in [0, 0.1) is 10.7 Å². The molecule has 9 heteroatoms. The molecule has 132 valence electrons. The number of nitriles is 1. The summed E-state index contributed by atoms with van der Waals surface area (Å²) in [4.78, 5) is 22.0. The largest absolute Gasteiger partial charge is 0.444 e. The number of thiazole rings is 1. The maximum Gasteiger partial charge on any atom is 0.410 e. The van der Waals surface area contributed by atoms with Gasteiger partial charge in [0.1, 0.15) is 16.8 Å². The second kappa shape index (κ2) is 8.18. The highest BCUT2D eigenvalue weighted by Gasteiger charge is 2.19. The van der Waals surface area contributed by atoms with Gasteiger partial charge in [0.15, 0.2) is 5.13 Å². The molecule has 0 aromatic carbocycles. The Hall–Kier alpha value is -2.31. The number of amides is 1. The molecule has 0 saturated heterocycles. The van der Waals surface area contributed by atoms with Crippen molar-refractivity contribution in [1.82, 2.24) is 14.9 Å². The molecule has 0 saturated carbocycles.